The third-order valence-corrected chi connectivity index (χ3v) is 8.36. The lowest BCUT2D eigenvalue weighted by Gasteiger charge is -2.48. The van der Waals surface area contributed by atoms with Crippen LogP contribution in [0, 0.1) is 33.5 Å². The van der Waals surface area contributed by atoms with Gasteiger partial charge in [0, 0.05) is 17.9 Å². The Balaban J connectivity index is 1.87. The van der Waals surface area contributed by atoms with Crippen molar-refractivity contribution in [3.63, 3.8) is 0 Å². The van der Waals surface area contributed by atoms with Gasteiger partial charge in [-0.2, -0.15) is 0 Å². The van der Waals surface area contributed by atoms with Crippen LogP contribution in [0.1, 0.15) is 66.2 Å². The molecule has 5 atom stereocenters. The fourth-order valence-electron chi connectivity index (χ4n) is 7.71. The highest BCUT2D eigenvalue weighted by Crippen LogP contribution is 2.79. The van der Waals surface area contributed by atoms with Crippen LogP contribution in [0.3, 0.4) is 0 Å². The molecule has 0 heterocycles. The Morgan fingerprint density at radius 1 is 1.14 bits per heavy atom. The van der Waals surface area contributed by atoms with Gasteiger partial charge in [-0.25, -0.2) is 0 Å². The Morgan fingerprint density at radius 2 is 1.86 bits per heavy atom. The van der Waals surface area contributed by atoms with Crippen molar-refractivity contribution >= 4 is 5.78 Å². The molecule has 0 aromatic heterocycles. The van der Waals surface area contributed by atoms with Crippen molar-refractivity contribution in [1.29, 1.82) is 0 Å². The van der Waals surface area contributed by atoms with Crippen LogP contribution < -0.4 is 0 Å². The van der Waals surface area contributed by atoms with Gasteiger partial charge in [0.05, 0.1) is 7.11 Å². The van der Waals surface area contributed by atoms with Gasteiger partial charge in [0.15, 0.2) is 5.78 Å². The smallest absolute Gasteiger partial charge is 0.159 e. The van der Waals surface area contributed by atoms with Gasteiger partial charge in [0.1, 0.15) is 5.76 Å². The summed E-state index contributed by atoms with van der Waals surface area (Å²) >= 11 is 0. The quantitative estimate of drug-likeness (QED) is 0.699. The number of fused-ring (bicyclic) bond motifs is 2. The molecule has 2 nitrogen and oxygen atoms in total. The first-order chi connectivity index (χ1) is 10.2. The fraction of sp³-hybridized carbons (Fsp3) is 0.850. The molecule has 0 aliphatic heterocycles. The number of allylic oxidation sites excluding steroid dienone is 2. The molecule has 0 radical (unpaired) electrons. The van der Waals surface area contributed by atoms with E-state index in [1.54, 1.807) is 13.2 Å². The van der Waals surface area contributed by atoms with Crippen LogP contribution in [0.15, 0.2) is 11.8 Å². The molecule has 4 rings (SSSR count). The molecule has 0 N–H and O–H groups in total. The van der Waals surface area contributed by atoms with E-state index in [1.165, 1.54) is 32.1 Å². The van der Waals surface area contributed by atoms with Gasteiger partial charge in [-0.05, 0) is 60.2 Å². The molecule has 3 fully saturated rings. The number of hydrogen-bond acceptors (Lipinski definition) is 2. The van der Waals surface area contributed by atoms with E-state index in [1.807, 2.05) is 0 Å². The monoisotopic (exact) mass is 302 g/mol. The maximum atomic E-state index is 12.5. The lowest BCUT2D eigenvalue weighted by atomic mass is 9.56. The van der Waals surface area contributed by atoms with Gasteiger partial charge >= 0.3 is 0 Å². The highest BCUT2D eigenvalue weighted by molar-refractivity contribution is 5.92. The number of hydrogen-bond donors (Lipinski definition) is 0. The highest BCUT2D eigenvalue weighted by atomic mass is 16.5. The zero-order valence-corrected chi connectivity index (χ0v) is 14.8. The molecule has 0 aromatic carbocycles. The number of ether oxygens (including phenoxy) is 1. The van der Waals surface area contributed by atoms with Crippen molar-refractivity contribution in [3.05, 3.63) is 11.8 Å². The molecule has 4 aliphatic rings. The number of methoxy groups -OCH3 is 1. The first kappa shape index (κ1) is 14.8. The predicted octanol–water partition coefficient (Wildman–Crippen LogP) is 4.74. The second kappa shape index (κ2) is 3.99. The lowest BCUT2D eigenvalue weighted by molar-refractivity contribution is -0.122. The van der Waals surface area contributed by atoms with Crippen molar-refractivity contribution in [2.75, 3.05) is 7.11 Å². The molecule has 4 aliphatic carbocycles. The summed E-state index contributed by atoms with van der Waals surface area (Å²) in [5.41, 5.74) is 1.07. The summed E-state index contributed by atoms with van der Waals surface area (Å²) in [4.78, 5) is 12.5. The molecule has 0 aromatic rings. The Labute approximate surface area is 134 Å². The summed E-state index contributed by atoms with van der Waals surface area (Å²) in [5.74, 6) is 2.73. The average Bonchev–Trinajstić information content (AvgIpc) is 2.92. The van der Waals surface area contributed by atoms with E-state index >= 15 is 0 Å². The van der Waals surface area contributed by atoms with Crippen LogP contribution in [-0.2, 0) is 9.53 Å². The molecule has 122 valence electrons. The minimum Gasteiger partial charge on any atom is -0.500 e. The third-order valence-electron chi connectivity index (χ3n) is 8.36. The SMILES string of the molecule is COC1=CC(=O)C[C@]23C[C@]4(C)CCC(C)(C)[C@@H]4C2CC[C@]13C. The van der Waals surface area contributed by atoms with Crippen molar-refractivity contribution < 1.29 is 9.53 Å². The standard InChI is InChI=1S/C20H30O2/c1-17(2)8-9-18(3)12-20-11-13(21)10-15(22-5)19(20,4)7-6-14(20)16(17)18/h10,14,16H,6-9,11-12H2,1-5H3/t14?,16-,18-,19+,20-/m0/s1. The summed E-state index contributed by atoms with van der Waals surface area (Å²) in [5, 5.41) is 0. The Hall–Kier alpha value is -0.790. The molecule has 1 spiro atoms. The molecule has 1 unspecified atom stereocenters. The topological polar surface area (TPSA) is 26.3 Å². The third kappa shape index (κ3) is 1.45. The molecule has 0 saturated heterocycles. The summed E-state index contributed by atoms with van der Waals surface area (Å²) < 4.78 is 5.73. The van der Waals surface area contributed by atoms with Gasteiger partial charge in [0.25, 0.3) is 0 Å². The van der Waals surface area contributed by atoms with E-state index in [4.69, 9.17) is 4.74 Å². The number of rotatable bonds is 1. The average molecular weight is 302 g/mol. The number of carbonyl (C=O) groups excluding carboxylic acids is 1. The largest absolute Gasteiger partial charge is 0.500 e. The van der Waals surface area contributed by atoms with E-state index in [-0.39, 0.29) is 10.8 Å². The Kier molecular flexibility index (Phi) is 2.68. The van der Waals surface area contributed by atoms with Crippen molar-refractivity contribution in [3.8, 4) is 0 Å². The fourth-order valence-corrected chi connectivity index (χ4v) is 7.71. The Bertz CT molecular complexity index is 574. The van der Waals surface area contributed by atoms with Crippen LogP contribution in [0.2, 0.25) is 0 Å². The molecule has 2 heteroatoms. The van der Waals surface area contributed by atoms with Gasteiger partial charge in [-0.15, -0.1) is 0 Å². The normalized spacial score (nSPS) is 52.0. The molecule has 0 bridgehead atoms. The maximum absolute atomic E-state index is 12.5. The molecule has 22 heavy (non-hydrogen) atoms. The lowest BCUT2D eigenvalue weighted by Crippen LogP contribution is -2.45. The number of carbonyl (C=O) groups is 1. The summed E-state index contributed by atoms with van der Waals surface area (Å²) in [7, 11) is 1.75. The molecular formula is C20H30O2. The predicted molar refractivity (Wildman–Crippen MR) is 87.2 cm³/mol. The van der Waals surface area contributed by atoms with Crippen molar-refractivity contribution in [1.82, 2.24) is 0 Å². The number of ketones is 1. The minimum absolute atomic E-state index is 0.0732. The van der Waals surface area contributed by atoms with Crippen LogP contribution >= 0.6 is 0 Å². The summed E-state index contributed by atoms with van der Waals surface area (Å²) in [6, 6.07) is 0. The van der Waals surface area contributed by atoms with Gasteiger partial charge < -0.3 is 4.74 Å². The summed E-state index contributed by atoms with van der Waals surface area (Å²) in [6.45, 7) is 9.83. The first-order valence-corrected chi connectivity index (χ1v) is 8.98. The maximum Gasteiger partial charge on any atom is 0.159 e. The highest BCUT2D eigenvalue weighted by Gasteiger charge is 2.73. The minimum atomic E-state index is 0.0732. The van der Waals surface area contributed by atoms with E-state index in [0.29, 0.717) is 22.5 Å². The van der Waals surface area contributed by atoms with E-state index in [9.17, 15) is 4.79 Å². The zero-order chi connectivity index (χ0) is 16.0. The van der Waals surface area contributed by atoms with Gasteiger partial charge in [-0.1, -0.05) is 27.7 Å². The van der Waals surface area contributed by atoms with Gasteiger partial charge in [0.2, 0.25) is 0 Å². The Morgan fingerprint density at radius 3 is 2.55 bits per heavy atom. The van der Waals surface area contributed by atoms with Crippen LogP contribution in [0.5, 0.6) is 0 Å². The molecule has 0 amide bonds. The van der Waals surface area contributed by atoms with Gasteiger partial charge in [-0.3, -0.25) is 4.79 Å². The molecule has 3 saturated carbocycles. The van der Waals surface area contributed by atoms with E-state index in [2.05, 4.69) is 27.7 Å². The molecular weight excluding hydrogens is 272 g/mol. The van der Waals surface area contributed by atoms with Crippen molar-refractivity contribution in [2.45, 2.75) is 66.2 Å². The van der Waals surface area contributed by atoms with Crippen LogP contribution in [-0.4, -0.2) is 12.9 Å². The first-order valence-electron chi connectivity index (χ1n) is 8.98. The second-order valence-corrected chi connectivity index (χ2v) is 9.79. The zero-order valence-electron chi connectivity index (χ0n) is 14.8. The summed E-state index contributed by atoms with van der Waals surface area (Å²) in [6.07, 6.45) is 8.92. The van der Waals surface area contributed by atoms with Crippen molar-refractivity contribution in [2.24, 2.45) is 33.5 Å². The van der Waals surface area contributed by atoms with Crippen LogP contribution in [0.25, 0.3) is 0 Å². The van der Waals surface area contributed by atoms with E-state index in [0.717, 1.165) is 18.1 Å². The van der Waals surface area contributed by atoms with E-state index < -0.39 is 0 Å². The van der Waals surface area contributed by atoms with Crippen LogP contribution in [0.4, 0.5) is 0 Å². The second-order valence-electron chi connectivity index (χ2n) is 9.79.